The summed E-state index contributed by atoms with van der Waals surface area (Å²) >= 11 is 0. The van der Waals surface area contributed by atoms with Crippen LogP contribution in [0.3, 0.4) is 0 Å². The van der Waals surface area contributed by atoms with Gasteiger partial charge in [0.15, 0.2) is 0 Å². The SMILES string of the molecule is CN1OC[C@H](S(=O)(=O)N(C)Cc2ccccc2)[C@H]1c1cccc(Oc2ccccc2)c1. The van der Waals surface area contributed by atoms with Gasteiger partial charge in [-0.25, -0.2) is 12.7 Å². The Morgan fingerprint density at radius 1 is 0.968 bits per heavy atom. The van der Waals surface area contributed by atoms with Crippen molar-refractivity contribution in [2.24, 2.45) is 0 Å². The second-order valence-electron chi connectivity index (χ2n) is 7.60. The maximum atomic E-state index is 13.4. The summed E-state index contributed by atoms with van der Waals surface area (Å²) in [5, 5.41) is 0.901. The van der Waals surface area contributed by atoms with E-state index in [0.29, 0.717) is 12.3 Å². The second kappa shape index (κ2) is 9.20. The maximum absolute atomic E-state index is 13.4. The van der Waals surface area contributed by atoms with Crippen molar-refractivity contribution in [2.45, 2.75) is 17.8 Å². The Labute approximate surface area is 183 Å². The van der Waals surface area contributed by atoms with Gasteiger partial charge < -0.3 is 4.74 Å². The molecule has 0 amide bonds. The number of para-hydroxylation sites is 1. The topological polar surface area (TPSA) is 59.1 Å². The second-order valence-corrected chi connectivity index (χ2v) is 9.86. The number of rotatable bonds is 7. The van der Waals surface area contributed by atoms with E-state index in [2.05, 4.69) is 0 Å². The third kappa shape index (κ3) is 4.80. The van der Waals surface area contributed by atoms with Crippen molar-refractivity contribution in [3.05, 3.63) is 96.1 Å². The molecule has 1 aliphatic heterocycles. The fourth-order valence-corrected chi connectivity index (χ4v) is 5.50. The van der Waals surface area contributed by atoms with E-state index < -0.39 is 21.3 Å². The first-order valence-corrected chi connectivity index (χ1v) is 11.6. The van der Waals surface area contributed by atoms with Gasteiger partial charge in [-0.3, -0.25) is 4.84 Å². The van der Waals surface area contributed by atoms with Gasteiger partial charge in [-0.05, 0) is 35.4 Å². The van der Waals surface area contributed by atoms with Crippen molar-refractivity contribution >= 4 is 10.0 Å². The molecule has 3 aromatic carbocycles. The van der Waals surface area contributed by atoms with Crippen LogP contribution in [0.2, 0.25) is 0 Å². The fourth-order valence-electron chi connectivity index (χ4n) is 3.82. The largest absolute Gasteiger partial charge is 0.457 e. The number of hydrogen-bond acceptors (Lipinski definition) is 5. The van der Waals surface area contributed by atoms with Gasteiger partial charge in [0, 0.05) is 20.6 Å². The van der Waals surface area contributed by atoms with E-state index in [-0.39, 0.29) is 6.61 Å². The van der Waals surface area contributed by atoms with E-state index in [0.717, 1.165) is 16.9 Å². The minimum absolute atomic E-state index is 0.104. The number of sulfonamides is 1. The minimum Gasteiger partial charge on any atom is -0.457 e. The molecule has 1 saturated heterocycles. The number of ether oxygens (including phenoxy) is 1. The van der Waals surface area contributed by atoms with Crippen LogP contribution in [-0.2, 0) is 21.4 Å². The first-order valence-electron chi connectivity index (χ1n) is 10.1. The molecule has 31 heavy (non-hydrogen) atoms. The Bertz CT molecular complexity index is 1110. The van der Waals surface area contributed by atoms with Crippen LogP contribution < -0.4 is 4.74 Å². The highest BCUT2D eigenvalue weighted by atomic mass is 32.2. The van der Waals surface area contributed by atoms with Gasteiger partial charge >= 0.3 is 0 Å². The van der Waals surface area contributed by atoms with E-state index in [4.69, 9.17) is 9.57 Å². The number of hydrogen-bond donors (Lipinski definition) is 0. The molecule has 0 aromatic heterocycles. The summed E-state index contributed by atoms with van der Waals surface area (Å²) in [6, 6.07) is 26.1. The van der Waals surface area contributed by atoms with Crippen molar-refractivity contribution < 1.29 is 18.0 Å². The van der Waals surface area contributed by atoms with E-state index in [1.54, 1.807) is 19.2 Å². The van der Waals surface area contributed by atoms with Crippen LogP contribution in [0.4, 0.5) is 0 Å². The molecule has 0 N–H and O–H groups in total. The number of hydroxylamine groups is 2. The van der Waals surface area contributed by atoms with Gasteiger partial charge in [0.25, 0.3) is 0 Å². The molecule has 1 fully saturated rings. The molecule has 7 heteroatoms. The Hall–Kier alpha value is -2.71. The van der Waals surface area contributed by atoms with E-state index in [1.807, 2.05) is 84.9 Å². The summed E-state index contributed by atoms with van der Waals surface area (Å²) in [6.07, 6.45) is 0. The lowest BCUT2D eigenvalue weighted by Crippen LogP contribution is -2.40. The van der Waals surface area contributed by atoms with Crippen LogP contribution >= 0.6 is 0 Å². The van der Waals surface area contributed by atoms with Gasteiger partial charge in [0.2, 0.25) is 10.0 Å². The zero-order valence-corrected chi connectivity index (χ0v) is 18.4. The molecule has 3 aromatic rings. The highest BCUT2D eigenvalue weighted by Crippen LogP contribution is 2.36. The summed E-state index contributed by atoms with van der Waals surface area (Å²) in [7, 11) is -0.229. The Morgan fingerprint density at radius 2 is 1.61 bits per heavy atom. The Morgan fingerprint density at radius 3 is 2.32 bits per heavy atom. The van der Waals surface area contributed by atoms with Crippen molar-refractivity contribution in [1.82, 2.24) is 9.37 Å². The Kier molecular flexibility index (Phi) is 6.38. The maximum Gasteiger partial charge on any atom is 0.221 e. The van der Waals surface area contributed by atoms with Crippen LogP contribution in [0.5, 0.6) is 11.5 Å². The van der Waals surface area contributed by atoms with Gasteiger partial charge in [0.1, 0.15) is 16.7 Å². The molecule has 6 nitrogen and oxygen atoms in total. The van der Waals surface area contributed by atoms with Gasteiger partial charge in [-0.15, -0.1) is 0 Å². The molecule has 0 saturated carbocycles. The summed E-state index contributed by atoms with van der Waals surface area (Å²) in [5.74, 6) is 1.38. The zero-order chi connectivity index (χ0) is 21.8. The molecule has 2 atom stereocenters. The van der Waals surface area contributed by atoms with Gasteiger partial charge in [-0.2, -0.15) is 5.06 Å². The Balaban J connectivity index is 1.58. The van der Waals surface area contributed by atoms with Crippen molar-refractivity contribution in [1.29, 1.82) is 0 Å². The van der Waals surface area contributed by atoms with Crippen LogP contribution in [0, 0.1) is 0 Å². The van der Waals surface area contributed by atoms with E-state index >= 15 is 0 Å². The quantitative estimate of drug-likeness (QED) is 0.553. The summed E-state index contributed by atoms with van der Waals surface area (Å²) < 4.78 is 34.2. The van der Waals surface area contributed by atoms with Crippen molar-refractivity contribution in [3.63, 3.8) is 0 Å². The molecule has 0 aliphatic carbocycles. The van der Waals surface area contributed by atoms with Crippen LogP contribution in [-0.4, -0.2) is 43.7 Å². The lowest BCUT2D eigenvalue weighted by Gasteiger charge is -2.27. The molecule has 0 unspecified atom stereocenters. The monoisotopic (exact) mass is 438 g/mol. The average molecular weight is 439 g/mol. The van der Waals surface area contributed by atoms with Crippen LogP contribution in [0.1, 0.15) is 17.2 Å². The number of nitrogens with zero attached hydrogens (tertiary/aromatic N) is 2. The molecule has 1 aliphatic rings. The van der Waals surface area contributed by atoms with Crippen LogP contribution in [0.25, 0.3) is 0 Å². The highest BCUT2D eigenvalue weighted by Gasteiger charge is 2.45. The predicted molar refractivity (Wildman–Crippen MR) is 120 cm³/mol. The smallest absolute Gasteiger partial charge is 0.221 e. The highest BCUT2D eigenvalue weighted by molar-refractivity contribution is 7.89. The molecule has 1 heterocycles. The third-order valence-corrected chi connectivity index (χ3v) is 7.59. The zero-order valence-electron chi connectivity index (χ0n) is 17.6. The minimum atomic E-state index is -3.61. The molecular formula is C24H26N2O4S. The van der Waals surface area contributed by atoms with Crippen molar-refractivity contribution in [3.8, 4) is 11.5 Å². The first kappa shape index (κ1) is 21.5. The van der Waals surface area contributed by atoms with Gasteiger partial charge in [0.05, 0.1) is 12.6 Å². The van der Waals surface area contributed by atoms with Gasteiger partial charge in [-0.1, -0.05) is 60.7 Å². The lowest BCUT2D eigenvalue weighted by atomic mass is 10.0. The molecule has 0 spiro atoms. The molecule has 162 valence electrons. The van der Waals surface area contributed by atoms with Crippen molar-refractivity contribution in [2.75, 3.05) is 20.7 Å². The molecule has 0 bridgehead atoms. The average Bonchev–Trinajstić information content (AvgIpc) is 3.17. The summed E-state index contributed by atoms with van der Waals surface area (Å²) in [6.45, 7) is 0.416. The van der Waals surface area contributed by atoms with Crippen LogP contribution in [0.15, 0.2) is 84.9 Å². The summed E-state index contributed by atoms with van der Waals surface area (Å²) in [4.78, 5) is 5.66. The molecular weight excluding hydrogens is 412 g/mol. The molecule has 4 rings (SSSR count). The summed E-state index contributed by atoms with van der Waals surface area (Å²) in [5.41, 5.74) is 1.77. The van der Waals surface area contributed by atoms with E-state index in [9.17, 15) is 8.42 Å². The predicted octanol–water partition coefficient (Wildman–Crippen LogP) is 4.23. The molecule has 0 radical (unpaired) electrons. The number of benzene rings is 3. The standard InChI is InChI=1S/C24H26N2O4S/c1-25(17-19-10-5-3-6-11-19)31(27,28)23-18-29-26(2)24(23)20-12-9-15-22(16-20)30-21-13-7-4-8-14-21/h3-16,23-24H,17-18H2,1-2H3/t23-,24+/m0/s1. The first-order chi connectivity index (χ1) is 14.9. The van der Waals surface area contributed by atoms with E-state index in [1.165, 1.54) is 4.31 Å². The normalized spacial score (nSPS) is 19.6. The fraction of sp³-hybridized carbons (Fsp3) is 0.250. The lowest BCUT2D eigenvalue weighted by molar-refractivity contribution is -0.110. The third-order valence-electron chi connectivity index (χ3n) is 5.43.